The summed E-state index contributed by atoms with van der Waals surface area (Å²) in [5, 5.41) is 8.89. The van der Waals surface area contributed by atoms with E-state index in [9.17, 15) is 0 Å². The fourth-order valence-electron chi connectivity index (χ4n) is 3.93. The Balaban J connectivity index is 1.40. The third-order valence-corrected chi connectivity index (χ3v) is 5.68. The monoisotopic (exact) mass is 339 g/mol. The van der Waals surface area contributed by atoms with Gasteiger partial charge in [0.1, 0.15) is 11.6 Å². The van der Waals surface area contributed by atoms with Gasteiger partial charge in [0.15, 0.2) is 0 Å². The lowest BCUT2D eigenvalue weighted by molar-refractivity contribution is 0.00893. The summed E-state index contributed by atoms with van der Waals surface area (Å²) in [5.74, 6) is 2.94. The Morgan fingerprint density at radius 1 is 1.04 bits per heavy atom. The van der Waals surface area contributed by atoms with Crippen LogP contribution >= 0.6 is 0 Å². The van der Waals surface area contributed by atoms with Crippen molar-refractivity contribution in [1.82, 2.24) is 24.6 Å². The molecule has 2 aromatic rings. The van der Waals surface area contributed by atoms with Gasteiger partial charge in [0.05, 0.1) is 6.54 Å². The van der Waals surface area contributed by atoms with Crippen LogP contribution in [0.15, 0.2) is 30.3 Å². The van der Waals surface area contributed by atoms with Gasteiger partial charge >= 0.3 is 0 Å². The van der Waals surface area contributed by atoms with E-state index in [2.05, 4.69) is 75.8 Å². The summed E-state index contributed by atoms with van der Waals surface area (Å²) >= 11 is 0. The van der Waals surface area contributed by atoms with Crippen molar-refractivity contribution in [3.63, 3.8) is 0 Å². The third kappa shape index (κ3) is 3.62. The van der Waals surface area contributed by atoms with E-state index in [0.717, 1.165) is 38.5 Å². The Labute approximate surface area is 150 Å². The smallest absolute Gasteiger partial charge is 0.146 e. The van der Waals surface area contributed by atoms with Crippen molar-refractivity contribution >= 4 is 0 Å². The van der Waals surface area contributed by atoms with Crippen LogP contribution in [-0.2, 0) is 20.1 Å². The van der Waals surface area contributed by atoms with Gasteiger partial charge in [0.25, 0.3) is 0 Å². The van der Waals surface area contributed by atoms with Crippen LogP contribution in [0.3, 0.4) is 0 Å². The van der Waals surface area contributed by atoms with Crippen molar-refractivity contribution in [3.8, 4) is 0 Å². The maximum Gasteiger partial charge on any atom is 0.146 e. The van der Waals surface area contributed by atoms with Gasteiger partial charge in [-0.3, -0.25) is 9.80 Å². The number of hydrogen-bond donors (Lipinski definition) is 0. The first kappa shape index (κ1) is 16.7. The molecule has 0 amide bonds. The molecule has 2 aliphatic rings. The molecule has 5 nitrogen and oxygen atoms in total. The second-order valence-electron chi connectivity index (χ2n) is 8.24. The first-order valence-corrected chi connectivity index (χ1v) is 9.42. The zero-order valence-electron chi connectivity index (χ0n) is 15.6. The van der Waals surface area contributed by atoms with E-state index in [1.54, 1.807) is 0 Å². The highest BCUT2D eigenvalue weighted by Crippen LogP contribution is 2.38. The molecule has 1 saturated carbocycles. The Morgan fingerprint density at radius 3 is 2.48 bits per heavy atom. The quantitative estimate of drug-likeness (QED) is 0.839. The molecule has 0 bridgehead atoms. The molecule has 1 aliphatic carbocycles. The molecule has 0 radical (unpaired) electrons. The predicted octanol–water partition coefficient (Wildman–Crippen LogP) is 2.79. The number of benzene rings is 1. The van der Waals surface area contributed by atoms with Crippen molar-refractivity contribution in [3.05, 3.63) is 47.5 Å². The van der Waals surface area contributed by atoms with Gasteiger partial charge in [0, 0.05) is 44.7 Å². The molecule has 0 N–H and O–H groups in total. The van der Waals surface area contributed by atoms with Gasteiger partial charge in [-0.1, -0.05) is 30.3 Å². The van der Waals surface area contributed by atoms with Crippen molar-refractivity contribution in [2.45, 2.75) is 51.2 Å². The second-order valence-corrected chi connectivity index (χ2v) is 8.24. The summed E-state index contributed by atoms with van der Waals surface area (Å²) in [6, 6.07) is 10.8. The van der Waals surface area contributed by atoms with Crippen molar-refractivity contribution in [2.24, 2.45) is 7.05 Å². The summed E-state index contributed by atoms with van der Waals surface area (Å²) < 4.78 is 2.22. The highest BCUT2D eigenvalue weighted by molar-refractivity contribution is 5.15. The van der Waals surface area contributed by atoms with Gasteiger partial charge in [-0.15, -0.1) is 10.2 Å². The zero-order valence-corrected chi connectivity index (χ0v) is 15.6. The Kier molecular flexibility index (Phi) is 4.38. The van der Waals surface area contributed by atoms with Crippen molar-refractivity contribution in [2.75, 3.05) is 19.6 Å². The standard InChI is InChI=1S/C20H29N5/c1-20(2)15-24(11-12-25(20)13-16-7-5-4-6-8-16)14-18-21-22-19(23(18)3)17-9-10-17/h4-8,17H,9-15H2,1-3H3. The van der Waals surface area contributed by atoms with Crippen molar-refractivity contribution in [1.29, 1.82) is 0 Å². The average molecular weight is 339 g/mol. The van der Waals surface area contributed by atoms with E-state index in [1.807, 2.05) is 0 Å². The Hall–Kier alpha value is -1.72. The van der Waals surface area contributed by atoms with Crippen LogP contribution in [0.1, 0.15) is 49.8 Å². The summed E-state index contributed by atoms with van der Waals surface area (Å²) in [6.07, 6.45) is 2.55. The second kappa shape index (κ2) is 6.54. The average Bonchev–Trinajstić information content (AvgIpc) is 3.36. The number of rotatable bonds is 5. The maximum atomic E-state index is 4.46. The van der Waals surface area contributed by atoms with Gasteiger partial charge in [-0.2, -0.15) is 0 Å². The number of nitrogens with zero attached hydrogens (tertiary/aromatic N) is 5. The zero-order chi connectivity index (χ0) is 17.4. The molecule has 2 fully saturated rings. The molecule has 4 rings (SSSR count). The first-order chi connectivity index (χ1) is 12.0. The van der Waals surface area contributed by atoms with Crippen LogP contribution in [0, 0.1) is 0 Å². The molecule has 1 aromatic carbocycles. The highest BCUT2D eigenvalue weighted by atomic mass is 15.3. The minimum atomic E-state index is 0.159. The van der Waals surface area contributed by atoms with Crippen LogP contribution in [0.5, 0.6) is 0 Å². The van der Waals surface area contributed by atoms with Gasteiger partial charge in [-0.05, 0) is 32.3 Å². The molecule has 0 unspecified atom stereocenters. The molecular weight excluding hydrogens is 310 g/mol. The van der Waals surface area contributed by atoms with Gasteiger partial charge in [-0.25, -0.2) is 0 Å². The molecule has 1 aromatic heterocycles. The molecule has 5 heteroatoms. The van der Waals surface area contributed by atoms with E-state index in [1.165, 1.54) is 24.2 Å². The largest absolute Gasteiger partial charge is 0.317 e. The predicted molar refractivity (Wildman–Crippen MR) is 99.2 cm³/mol. The molecule has 1 aliphatic heterocycles. The van der Waals surface area contributed by atoms with Gasteiger partial charge < -0.3 is 4.57 Å². The Bertz CT molecular complexity index is 717. The van der Waals surface area contributed by atoms with E-state index in [-0.39, 0.29) is 5.54 Å². The molecule has 0 spiro atoms. The Morgan fingerprint density at radius 2 is 1.80 bits per heavy atom. The molecule has 25 heavy (non-hydrogen) atoms. The lowest BCUT2D eigenvalue weighted by Gasteiger charge is -2.47. The molecular formula is C20H29N5. The molecule has 134 valence electrons. The highest BCUT2D eigenvalue weighted by Gasteiger charge is 2.34. The summed E-state index contributed by atoms with van der Waals surface area (Å²) in [4.78, 5) is 5.13. The van der Waals surface area contributed by atoms with Crippen LogP contribution in [0.25, 0.3) is 0 Å². The lowest BCUT2D eigenvalue weighted by Crippen LogP contribution is -2.58. The molecule has 0 atom stereocenters. The fourth-order valence-corrected chi connectivity index (χ4v) is 3.93. The maximum absolute atomic E-state index is 4.46. The van der Waals surface area contributed by atoms with Crippen molar-refractivity contribution < 1.29 is 0 Å². The minimum Gasteiger partial charge on any atom is -0.317 e. The summed E-state index contributed by atoms with van der Waals surface area (Å²) in [7, 11) is 2.12. The van der Waals surface area contributed by atoms with E-state index < -0.39 is 0 Å². The lowest BCUT2D eigenvalue weighted by atomic mass is 9.97. The third-order valence-electron chi connectivity index (χ3n) is 5.68. The van der Waals surface area contributed by atoms with Gasteiger partial charge in [0.2, 0.25) is 0 Å². The van der Waals surface area contributed by atoms with E-state index in [4.69, 9.17) is 0 Å². The number of piperazine rings is 1. The molecule has 2 heterocycles. The minimum absolute atomic E-state index is 0.159. The SMILES string of the molecule is Cn1c(CN2CCN(Cc3ccccc3)C(C)(C)C2)nnc1C1CC1. The summed E-state index contributed by atoms with van der Waals surface area (Å²) in [5.41, 5.74) is 1.55. The van der Waals surface area contributed by atoms with Crippen LogP contribution in [-0.4, -0.2) is 49.7 Å². The number of aromatic nitrogens is 3. The fraction of sp³-hybridized carbons (Fsp3) is 0.600. The van der Waals surface area contributed by atoms with Crippen LogP contribution < -0.4 is 0 Å². The van der Waals surface area contributed by atoms with E-state index in [0.29, 0.717) is 5.92 Å². The normalized spacial score (nSPS) is 21.6. The first-order valence-electron chi connectivity index (χ1n) is 9.42. The van der Waals surface area contributed by atoms with Crippen LogP contribution in [0.2, 0.25) is 0 Å². The number of hydrogen-bond acceptors (Lipinski definition) is 4. The molecule has 1 saturated heterocycles. The van der Waals surface area contributed by atoms with E-state index >= 15 is 0 Å². The van der Waals surface area contributed by atoms with Crippen LogP contribution in [0.4, 0.5) is 0 Å². The topological polar surface area (TPSA) is 37.2 Å². The summed E-state index contributed by atoms with van der Waals surface area (Å²) in [6.45, 7) is 9.88.